The third-order valence-electron chi connectivity index (χ3n) is 1.81. The number of carbonyl (C=O) groups is 1. The zero-order valence-corrected chi connectivity index (χ0v) is 15.4. The zero-order valence-electron chi connectivity index (χ0n) is 15.4. The van der Waals surface area contributed by atoms with E-state index in [1.165, 1.54) is 6.92 Å². The van der Waals surface area contributed by atoms with E-state index in [4.69, 9.17) is 20.3 Å². The van der Waals surface area contributed by atoms with E-state index in [0.717, 1.165) is 0 Å². The molecule has 0 aliphatic rings. The van der Waals surface area contributed by atoms with Crippen LogP contribution in [0.2, 0.25) is 0 Å². The molecule has 0 aliphatic heterocycles. The molecule has 21 heavy (non-hydrogen) atoms. The molecule has 0 amide bonds. The Labute approximate surface area is 130 Å². The highest BCUT2D eigenvalue weighted by molar-refractivity contribution is 5.76. The van der Waals surface area contributed by atoms with Gasteiger partial charge in [0.1, 0.15) is 11.6 Å². The summed E-state index contributed by atoms with van der Waals surface area (Å²) in [5, 5.41) is 8.96. The number of rotatable bonds is 2. The molecule has 0 heterocycles. The van der Waals surface area contributed by atoms with Gasteiger partial charge < -0.3 is 20.3 Å². The van der Waals surface area contributed by atoms with Gasteiger partial charge in [0.25, 0.3) is 0 Å². The molecule has 0 saturated carbocycles. The summed E-state index contributed by atoms with van der Waals surface area (Å²) in [5.41, 5.74) is 4.76. The average Bonchev–Trinajstić information content (AvgIpc) is 2.08. The Morgan fingerprint density at radius 3 is 1.38 bits per heavy atom. The maximum Gasteiger partial charge on any atom is 0.326 e. The van der Waals surface area contributed by atoms with Crippen molar-refractivity contribution in [1.82, 2.24) is 0 Å². The lowest BCUT2D eigenvalue weighted by Gasteiger charge is -2.30. The fourth-order valence-corrected chi connectivity index (χ4v) is 1.49. The fourth-order valence-electron chi connectivity index (χ4n) is 1.49. The normalized spacial score (nSPS) is 15.6. The molecule has 5 heteroatoms. The number of aliphatic hydroxyl groups excluding tert-OH is 1. The van der Waals surface area contributed by atoms with Crippen LogP contribution in [-0.2, 0) is 14.3 Å². The number of hydrogen-bond acceptors (Lipinski definition) is 5. The molecular weight excluding hydrogens is 270 g/mol. The second-order valence-electron chi connectivity index (χ2n) is 8.13. The molecule has 0 aromatic rings. The molecule has 128 valence electrons. The Hall–Kier alpha value is -0.650. The van der Waals surface area contributed by atoms with Gasteiger partial charge in [-0.25, -0.2) is 0 Å². The van der Waals surface area contributed by atoms with Crippen molar-refractivity contribution in [3.8, 4) is 0 Å². The van der Waals surface area contributed by atoms with Crippen LogP contribution >= 0.6 is 0 Å². The first kappa shape index (κ1) is 22.6. The Balaban J connectivity index is 0. The fraction of sp³-hybridized carbons (Fsp3) is 0.938. The van der Waals surface area contributed by atoms with Crippen LogP contribution in [-0.4, -0.2) is 40.0 Å². The molecule has 0 rings (SSSR count). The molecule has 2 atom stereocenters. The van der Waals surface area contributed by atoms with Crippen LogP contribution in [0, 0.1) is 0 Å². The second kappa shape index (κ2) is 8.11. The monoisotopic (exact) mass is 305 g/mol. The van der Waals surface area contributed by atoms with Crippen LogP contribution in [0.15, 0.2) is 0 Å². The van der Waals surface area contributed by atoms with E-state index in [0.29, 0.717) is 0 Å². The van der Waals surface area contributed by atoms with E-state index in [9.17, 15) is 4.79 Å². The Bertz CT molecular complexity index is 294. The van der Waals surface area contributed by atoms with E-state index >= 15 is 0 Å². The third kappa shape index (κ3) is 17.3. The summed E-state index contributed by atoms with van der Waals surface area (Å²) in [5.74, 6) is -0.572. The minimum atomic E-state index is -0.954. The number of esters is 1. The zero-order chi connectivity index (χ0) is 17.6. The first-order chi connectivity index (χ1) is 8.94. The lowest BCUT2D eigenvalue weighted by atomic mass is 10.1. The Kier molecular flexibility index (Phi) is 8.74. The summed E-state index contributed by atoms with van der Waals surface area (Å²) >= 11 is 0. The van der Waals surface area contributed by atoms with Gasteiger partial charge in [0.05, 0.1) is 17.3 Å². The van der Waals surface area contributed by atoms with Gasteiger partial charge in [-0.05, 0) is 69.2 Å². The highest BCUT2D eigenvalue weighted by Crippen LogP contribution is 2.18. The van der Waals surface area contributed by atoms with Crippen molar-refractivity contribution >= 4 is 5.97 Å². The third-order valence-corrected chi connectivity index (χ3v) is 1.81. The summed E-state index contributed by atoms with van der Waals surface area (Å²) in [7, 11) is 0. The van der Waals surface area contributed by atoms with Crippen LogP contribution in [0.1, 0.15) is 69.2 Å². The molecule has 0 radical (unpaired) electrons. The largest absolute Gasteiger partial charge is 0.459 e. The second-order valence-corrected chi connectivity index (χ2v) is 8.13. The Morgan fingerprint density at radius 2 is 1.24 bits per heavy atom. The first-order valence-corrected chi connectivity index (χ1v) is 7.31. The van der Waals surface area contributed by atoms with E-state index in [1.807, 2.05) is 0 Å². The van der Waals surface area contributed by atoms with Gasteiger partial charge in [-0.3, -0.25) is 4.79 Å². The number of carbonyl (C=O) groups excluding carboxylic acids is 1. The van der Waals surface area contributed by atoms with E-state index in [-0.39, 0.29) is 11.2 Å². The van der Waals surface area contributed by atoms with Crippen LogP contribution in [0.5, 0.6) is 0 Å². The first-order valence-electron chi connectivity index (χ1n) is 7.31. The maximum absolute atomic E-state index is 11.1. The molecule has 3 N–H and O–H groups in total. The lowest BCUT2D eigenvalue weighted by molar-refractivity contribution is -0.158. The predicted octanol–water partition coefficient (Wildman–Crippen LogP) is 2.64. The van der Waals surface area contributed by atoms with Gasteiger partial charge in [-0.2, -0.15) is 0 Å². The molecule has 0 aliphatic carbocycles. The van der Waals surface area contributed by atoms with Crippen molar-refractivity contribution < 1.29 is 19.4 Å². The standard InChI is InChI=1S/C8H17NO3.C8H18O/c1-5(10)6(9)7(11)12-8(2,3)4;1-7(2,3)9-8(4,5)6/h5-6,10H,9H2,1-4H3;1-6H3/t5-,6+;/m1./s1. The molecule has 0 saturated heterocycles. The molecule has 0 aromatic carbocycles. The molecular formula is C16H35NO4. The van der Waals surface area contributed by atoms with E-state index < -0.39 is 23.7 Å². The average molecular weight is 305 g/mol. The lowest BCUT2D eigenvalue weighted by Crippen LogP contribution is -2.44. The van der Waals surface area contributed by atoms with Crippen molar-refractivity contribution in [2.45, 2.75) is 98.2 Å². The minimum absolute atomic E-state index is 0.0156. The molecule has 0 spiro atoms. The molecule has 5 nitrogen and oxygen atoms in total. The van der Waals surface area contributed by atoms with Crippen LogP contribution < -0.4 is 5.73 Å². The van der Waals surface area contributed by atoms with Crippen molar-refractivity contribution in [1.29, 1.82) is 0 Å². The predicted molar refractivity (Wildman–Crippen MR) is 86.1 cm³/mol. The quantitative estimate of drug-likeness (QED) is 0.766. The van der Waals surface area contributed by atoms with Gasteiger partial charge in [0.2, 0.25) is 0 Å². The van der Waals surface area contributed by atoms with Gasteiger partial charge in [0.15, 0.2) is 0 Å². The van der Waals surface area contributed by atoms with Crippen molar-refractivity contribution in [2.24, 2.45) is 5.73 Å². The summed E-state index contributed by atoms with van der Waals surface area (Å²) < 4.78 is 10.6. The van der Waals surface area contributed by atoms with E-state index in [1.54, 1.807) is 20.8 Å². The van der Waals surface area contributed by atoms with Crippen LogP contribution in [0.25, 0.3) is 0 Å². The number of ether oxygens (including phenoxy) is 2. The SMILES string of the molecule is CC(C)(C)OC(C)(C)C.C[C@@H](O)[C@H](N)C(=O)OC(C)(C)C. The van der Waals surface area contributed by atoms with Gasteiger partial charge >= 0.3 is 5.97 Å². The molecule has 0 bridgehead atoms. The summed E-state index contributed by atoms with van der Waals surface area (Å²) in [6.45, 7) is 19.1. The topological polar surface area (TPSA) is 81.8 Å². The van der Waals surface area contributed by atoms with Gasteiger partial charge in [-0.15, -0.1) is 0 Å². The Morgan fingerprint density at radius 1 is 0.905 bits per heavy atom. The number of hydrogen-bond donors (Lipinski definition) is 2. The van der Waals surface area contributed by atoms with E-state index in [2.05, 4.69) is 41.5 Å². The highest BCUT2D eigenvalue weighted by Gasteiger charge is 2.25. The van der Waals surface area contributed by atoms with Crippen LogP contribution in [0.4, 0.5) is 0 Å². The maximum atomic E-state index is 11.1. The molecule has 0 aromatic heterocycles. The van der Waals surface area contributed by atoms with Gasteiger partial charge in [-0.1, -0.05) is 0 Å². The number of aliphatic hydroxyl groups is 1. The summed E-state index contributed by atoms with van der Waals surface area (Å²) in [6.07, 6.45) is -0.875. The van der Waals surface area contributed by atoms with Crippen molar-refractivity contribution in [3.05, 3.63) is 0 Å². The molecule has 0 unspecified atom stereocenters. The summed E-state index contributed by atoms with van der Waals surface area (Å²) in [4.78, 5) is 11.1. The van der Waals surface area contributed by atoms with Crippen LogP contribution in [0.3, 0.4) is 0 Å². The minimum Gasteiger partial charge on any atom is -0.459 e. The molecule has 0 fully saturated rings. The van der Waals surface area contributed by atoms with Crippen molar-refractivity contribution in [3.63, 3.8) is 0 Å². The highest BCUT2D eigenvalue weighted by atomic mass is 16.6. The van der Waals surface area contributed by atoms with Gasteiger partial charge in [0, 0.05) is 0 Å². The summed E-state index contributed by atoms with van der Waals surface area (Å²) in [6, 6.07) is -0.954. The van der Waals surface area contributed by atoms with Crippen molar-refractivity contribution in [2.75, 3.05) is 0 Å². The number of nitrogens with two attached hydrogens (primary N) is 1. The smallest absolute Gasteiger partial charge is 0.326 e.